The molecule has 0 fully saturated rings. The van der Waals surface area contributed by atoms with Gasteiger partial charge in [0.05, 0.1) is 22.5 Å². The fourth-order valence-electron chi connectivity index (χ4n) is 3.76. The van der Waals surface area contributed by atoms with Crippen molar-refractivity contribution < 1.29 is 26.7 Å². The highest BCUT2D eigenvalue weighted by Gasteiger charge is 2.35. The summed E-state index contributed by atoms with van der Waals surface area (Å²) in [7, 11) is 1.26. The second kappa shape index (κ2) is 8.77. The Labute approximate surface area is 191 Å². The van der Waals surface area contributed by atoms with Gasteiger partial charge in [-0.3, -0.25) is 4.79 Å². The summed E-state index contributed by atoms with van der Waals surface area (Å²) in [6.45, 7) is 3.98. The van der Waals surface area contributed by atoms with Gasteiger partial charge in [0.2, 0.25) is 0 Å². The van der Waals surface area contributed by atoms with Crippen molar-refractivity contribution in [1.82, 2.24) is 10.3 Å². The van der Waals surface area contributed by atoms with Gasteiger partial charge in [0.25, 0.3) is 5.91 Å². The van der Waals surface area contributed by atoms with E-state index in [0.29, 0.717) is 24.0 Å². The van der Waals surface area contributed by atoms with E-state index in [1.54, 1.807) is 6.07 Å². The zero-order valence-electron chi connectivity index (χ0n) is 17.9. The molecule has 5 nitrogen and oxygen atoms in total. The van der Waals surface area contributed by atoms with Gasteiger partial charge in [0.15, 0.2) is 11.6 Å². The molecule has 4 rings (SSSR count). The van der Waals surface area contributed by atoms with Gasteiger partial charge in [-0.25, -0.2) is 13.8 Å². The molecule has 3 N–H and O–H groups in total. The van der Waals surface area contributed by atoms with Crippen LogP contribution in [0.2, 0.25) is 0 Å². The van der Waals surface area contributed by atoms with E-state index in [9.17, 15) is 26.7 Å². The number of nitrogens with one attached hydrogen (secondary N) is 3. The number of anilines is 4. The molecule has 176 valence electrons. The fourth-order valence-corrected chi connectivity index (χ4v) is 3.76. The van der Waals surface area contributed by atoms with Crippen LogP contribution in [0.25, 0.3) is 0 Å². The van der Waals surface area contributed by atoms with E-state index in [1.807, 2.05) is 12.1 Å². The lowest BCUT2D eigenvalue weighted by atomic mass is 10.1. The number of carbonyl (C=O) groups excluding carboxylic acids is 1. The molecule has 0 bridgehead atoms. The number of halogens is 5. The fraction of sp³-hybridized carbons (Fsp3) is 0.167. The van der Waals surface area contributed by atoms with Gasteiger partial charge >= 0.3 is 6.18 Å². The number of aromatic nitrogens is 1. The van der Waals surface area contributed by atoms with E-state index in [4.69, 9.17) is 0 Å². The summed E-state index contributed by atoms with van der Waals surface area (Å²) in [6, 6.07) is 7.89. The first kappa shape index (κ1) is 23.2. The highest BCUT2D eigenvalue weighted by molar-refractivity contribution is 6.00. The molecule has 0 spiro atoms. The summed E-state index contributed by atoms with van der Waals surface area (Å²) < 4.78 is 68.5. The molecule has 0 radical (unpaired) electrons. The number of nitrogens with zero attached hydrogens (tertiary/aromatic N) is 1. The Kier molecular flexibility index (Phi) is 5.99. The molecular formula is C24H19F5N4O. The molecule has 34 heavy (non-hydrogen) atoms. The Morgan fingerprint density at radius 3 is 2.38 bits per heavy atom. The first-order chi connectivity index (χ1) is 16.0. The van der Waals surface area contributed by atoms with Gasteiger partial charge in [-0.15, -0.1) is 0 Å². The summed E-state index contributed by atoms with van der Waals surface area (Å²) in [5.74, 6) is -3.36. The summed E-state index contributed by atoms with van der Waals surface area (Å²) in [5.41, 5.74) is 1.56. The van der Waals surface area contributed by atoms with E-state index < -0.39 is 35.0 Å². The van der Waals surface area contributed by atoms with Gasteiger partial charge in [-0.05, 0) is 42.2 Å². The van der Waals surface area contributed by atoms with Crippen molar-refractivity contribution in [2.75, 3.05) is 17.7 Å². The number of hydrogen-bond donors (Lipinski definition) is 3. The van der Waals surface area contributed by atoms with E-state index in [-0.39, 0.29) is 17.1 Å². The summed E-state index contributed by atoms with van der Waals surface area (Å²) in [5, 5.41) is 7.63. The molecule has 0 saturated heterocycles. The molecule has 2 aromatic carbocycles. The zero-order chi connectivity index (χ0) is 24.6. The summed E-state index contributed by atoms with van der Waals surface area (Å²) in [6.07, 6.45) is -2.67. The number of alkyl halides is 3. The predicted octanol–water partition coefficient (Wildman–Crippen LogP) is 5.88. The van der Waals surface area contributed by atoms with E-state index in [1.165, 1.54) is 7.05 Å². The SMILES string of the molecule is C=C1Cc2ccc(Nc3cc(Nc4cc(F)c(F)cc4C(=O)NC)c(C(F)(F)F)cn3)cc2C1. The van der Waals surface area contributed by atoms with E-state index in [0.717, 1.165) is 35.6 Å². The number of amides is 1. The lowest BCUT2D eigenvalue weighted by Gasteiger charge is -2.18. The standard InChI is InChI=1S/C24H19F5N4O/c1-12-5-13-3-4-15(7-14(13)6-12)32-22-10-21(17(11-31-22)24(27,28)29)33-20-9-19(26)18(25)8-16(20)23(34)30-2/h3-4,7-11H,1,5-6H2,2H3,(H,30,34)(H2,31,32,33). The van der Waals surface area contributed by atoms with Crippen molar-refractivity contribution in [3.05, 3.63) is 88.6 Å². The first-order valence-electron chi connectivity index (χ1n) is 10.2. The Balaban J connectivity index is 1.72. The van der Waals surface area contributed by atoms with Crippen LogP contribution < -0.4 is 16.0 Å². The molecule has 0 atom stereocenters. The van der Waals surface area contributed by atoms with Gasteiger partial charge < -0.3 is 16.0 Å². The molecule has 1 aromatic heterocycles. The van der Waals surface area contributed by atoms with Gasteiger partial charge in [-0.2, -0.15) is 13.2 Å². The van der Waals surface area contributed by atoms with Crippen LogP contribution in [0.1, 0.15) is 27.0 Å². The van der Waals surface area contributed by atoms with Gasteiger partial charge in [0.1, 0.15) is 5.82 Å². The molecule has 0 unspecified atom stereocenters. The number of carbonyl (C=O) groups is 1. The van der Waals surface area contributed by atoms with Gasteiger partial charge in [-0.1, -0.05) is 18.2 Å². The minimum atomic E-state index is -4.80. The third-order valence-electron chi connectivity index (χ3n) is 5.37. The lowest BCUT2D eigenvalue weighted by molar-refractivity contribution is -0.137. The van der Waals surface area contributed by atoms with Crippen LogP contribution in [0.5, 0.6) is 0 Å². The van der Waals surface area contributed by atoms with Crippen molar-refractivity contribution in [3.63, 3.8) is 0 Å². The highest BCUT2D eigenvalue weighted by atomic mass is 19.4. The third-order valence-corrected chi connectivity index (χ3v) is 5.37. The highest BCUT2D eigenvalue weighted by Crippen LogP contribution is 2.38. The molecular weight excluding hydrogens is 455 g/mol. The maximum absolute atomic E-state index is 13.9. The zero-order valence-corrected chi connectivity index (χ0v) is 17.9. The first-order valence-corrected chi connectivity index (χ1v) is 10.2. The average molecular weight is 474 g/mol. The average Bonchev–Trinajstić information content (AvgIpc) is 3.14. The van der Waals surface area contributed by atoms with Crippen LogP contribution in [-0.2, 0) is 19.0 Å². The largest absolute Gasteiger partial charge is 0.419 e. The normalized spacial score (nSPS) is 12.9. The van der Waals surface area contributed by atoms with E-state index in [2.05, 4.69) is 27.5 Å². The molecule has 1 heterocycles. The predicted molar refractivity (Wildman–Crippen MR) is 119 cm³/mol. The Morgan fingerprint density at radius 2 is 1.68 bits per heavy atom. The molecule has 1 aliphatic carbocycles. The Hall–Kier alpha value is -3.95. The minimum absolute atomic E-state index is 0.0800. The summed E-state index contributed by atoms with van der Waals surface area (Å²) >= 11 is 0. The monoisotopic (exact) mass is 474 g/mol. The molecule has 1 amide bonds. The quantitative estimate of drug-likeness (QED) is 0.319. The van der Waals surface area contributed by atoms with Crippen LogP contribution in [0.4, 0.5) is 44.8 Å². The number of fused-ring (bicyclic) bond motifs is 1. The second-order valence-electron chi connectivity index (χ2n) is 7.84. The smallest absolute Gasteiger partial charge is 0.355 e. The molecule has 0 saturated carbocycles. The summed E-state index contributed by atoms with van der Waals surface area (Å²) in [4.78, 5) is 16.0. The molecule has 3 aromatic rings. The number of allylic oxidation sites excluding steroid dienone is 1. The molecule has 1 aliphatic rings. The van der Waals surface area contributed by atoms with Crippen LogP contribution in [-0.4, -0.2) is 17.9 Å². The maximum Gasteiger partial charge on any atom is 0.419 e. The van der Waals surface area contributed by atoms with Crippen molar-refractivity contribution in [1.29, 1.82) is 0 Å². The maximum atomic E-state index is 13.9. The Morgan fingerprint density at radius 1 is 0.971 bits per heavy atom. The number of rotatable bonds is 5. The topological polar surface area (TPSA) is 66.0 Å². The van der Waals surface area contributed by atoms with Crippen LogP contribution >= 0.6 is 0 Å². The number of benzene rings is 2. The van der Waals surface area contributed by atoms with E-state index >= 15 is 0 Å². The molecule has 0 aliphatic heterocycles. The lowest BCUT2D eigenvalue weighted by Crippen LogP contribution is -2.20. The van der Waals surface area contributed by atoms with Crippen LogP contribution in [0.15, 0.2) is 54.7 Å². The van der Waals surface area contributed by atoms with Gasteiger partial charge in [0, 0.05) is 31.1 Å². The second-order valence-corrected chi connectivity index (χ2v) is 7.84. The van der Waals surface area contributed by atoms with Crippen LogP contribution in [0.3, 0.4) is 0 Å². The number of hydrogen-bond acceptors (Lipinski definition) is 4. The number of pyridine rings is 1. The van der Waals surface area contributed by atoms with Crippen molar-refractivity contribution >= 4 is 28.8 Å². The van der Waals surface area contributed by atoms with Crippen LogP contribution in [0, 0.1) is 11.6 Å². The van der Waals surface area contributed by atoms with Crippen molar-refractivity contribution in [3.8, 4) is 0 Å². The Bertz CT molecular complexity index is 1300. The third kappa shape index (κ3) is 4.70. The minimum Gasteiger partial charge on any atom is -0.355 e. The van der Waals surface area contributed by atoms with Crippen molar-refractivity contribution in [2.45, 2.75) is 19.0 Å². The molecule has 10 heteroatoms. The van der Waals surface area contributed by atoms with Crippen molar-refractivity contribution in [2.24, 2.45) is 0 Å².